The van der Waals surface area contributed by atoms with E-state index in [9.17, 15) is 14.4 Å². The van der Waals surface area contributed by atoms with Crippen molar-refractivity contribution in [3.8, 4) is 0 Å². The Labute approximate surface area is 402 Å². The lowest BCUT2D eigenvalue weighted by Crippen LogP contribution is -2.30. The van der Waals surface area contributed by atoms with Crippen LogP contribution in [0.4, 0.5) is 0 Å². The van der Waals surface area contributed by atoms with Gasteiger partial charge in [-0.25, -0.2) is 0 Å². The molecule has 0 aromatic heterocycles. The number of hydrogen-bond acceptors (Lipinski definition) is 6. The summed E-state index contributed by atoms with van der Waals surface area (Å²) in [6, 6.07) is 0. The molecule has 6 heteroatoms. The zero-order valence-electron chi connectivity index (χ0n) is 43.0. The Morgan fingerprint density at radius 1 is 0.323 bits per heavy atom. The minimum Gasteiger partial charge on any atom is -0.462 e. The van der Waals surface area contributed by atoms with Crippen molar-refractivity contribution < 1.29 is 28.6 Å². The average Bonchev–Trinajstić information content (AvgIpc) is 3.30. The molecule has 0 aliphatic rings. The van der Waals surface area contributed by atoms with E-state index in [1.54, 1.807) is 0 Å². The summed E-state index contributed by atoms with van der Waals surface area (Å²) in [4.78, 5) is 38.1. The number of unbranched alkanes of at least 4 members (excludes halogenated alkanes) is 29. The SMILES string of the molecule is CC/C=C\C/C=C\C/C=C\C/C=C\CCCCCCCCCCC(=O)OCC(COC(=O)CCCCCCCCCCCCCCC)OC(=O)CCCCCCC/C=C\CCCCCC. The largest absolute Gasteiger partial charge is 0.462 e. The van der Waals surface area contributed by atoms with Crippen LogP contribution in [0.5, 0.6) is 0 Å². The standard InChI is InChI=1S/C59H104O6/c1-4-7-10-13-16-19-22-25-26-27-28-29-30-31-32-35-37-40-43-46-49-52-58(61)64-55-56(65-59(62)53-50-47-44-41-38-34-24-21-18-15-12-9-6-3)54-63-57(60)51-48-45-42-39-36-33-23-20-17-14-11-8-5-2/h7,10,16,19,21,24-26,28-29,56H,4-6,8-9,11-15,17-18,20,22-23,27,30-55H2,1-3H3/b10-7-,19-16-,24-21-,26-25-,29-28-. The zero-order chi connectivity index (χ0) is 47.2. The summed E-state index contributed by atoms with van der Waals surface area (Å²) in [5, 5.41) is 0. The van der Waals surface area contributed by atoms with Crippen molar-refractivity contribution in [1.29, 1.82) is 0 Å². The number of carbonyl (C=O) groups excluding carboxylic acids is 3. The molecule has 376 valence electrons. The molecule has 0 bridgehead atoms. The van der Waals surface area contributed by atoms with E-state index < -0.39 is 6.10 Å². The second-order valence-electron chi connectivity index (χ2n) is 18.5. The lowest BCUT2D eigenvalue weighted by Gasteiger charge is -2.18. The minimum absolute atomic E-state index is 0.0775. The van der Waals surface area contributed by atoms with E-state index >= 15 is 0 Å². The predicted molar refractivity (Wildman–Crippen MR) is 279 cm³/mol. The molecule has 0 spiro atoms. The Kier molecular flexibility index (Phi) is 51.3. The van der Waals surface area contributed by atoms with E-state index in [2.05, 4.69) is 81.5 Å². The van der Waals surface area contributed by atoms with Crippen molar-refractivity contribution in [2.24, 2.45) is 0 Å². The molecule has 0 radical (unpaired) electrons. The number of rotatable bonds is 50. The van der Waals surface area contributed by atoms with Crippen LogP contribution in [0.25, 0.3) is 0 Å². The van der Waals surface area contributed by atoms with Gasteiger partial charge in [-0.2, -0.15) is 0 Å². The van der Waals surface area contributed by atoms with Crippen LogP contribution in [0.2, 0.25) is 0 Å². The highest BCUT2D eigenvalue weighted by Gasteiger charge is 2.19. The Hall–Kier alpha value is -2.89. The third-order valence-electron chi connectivity index (χ3n) is 12.0. The molecule has 1 unspecified atom stereocenters. The van der Waals surface area contributed by atoms with E-state index in [4.69, 9.17) is 14.2 Å². The summed E-state index contributed by atoms with van der Waals surface area (Å²) < 4.78 is 16.8. The van der Waals surface area contributed by atoms with Gasteiger partial charge in [0.1, 0.15) is 13.2 Å². The maximum atomic E-state index is 12.8. The lowest BCUT2D eigenvalue weighted by molar-refractivity contribution is -0.167. The van der Waals surface area contributed by atoms with Gasteiger partial charge in [0.05, 0.1) is 0 Å². The maximum Gasteiger partial charge on any atom is 0.306 e. The molecule has 0 saturated heterocycles. The number of carbonyl (C=O) groups is 3. The fraction of sp³-hybridized carbons (Fsp3) is 0.780. The molecule has 0 saturated carbocycles. The van der Waals surface area contributed by atoms with Gasteiger partial charge < -0.3 is 14.2 Å². The number of ether oxygens (including phenoxy) is 3. The lowest BCUT2D eigenvalue weighted by atomic mass is 10.0. The van der Waals surface area contributed by atoms with Crippen molar-refractivity contribution in [3.05, 3.63) is 60.8 Å². The van der Waals surface area contributed by atoms with Crippen molar-refractivity contribution in [2.75, 3.05) is 13.2 Å². The average molecular weight is 909 g/mol. The first kappa shape index (κ1) is 62.1. The summed E-state index contributed by atoms with van der Waals surface area (Å²) in [7, 11) is 0. The maximum absolute atomic E-state index is 12.8. The Morgan fingerprint density at radius 3 is 0.969 bits per heavy atom. The Bertz CT molecular complexity index is 1180. The molecule has 0 rings (SSSR count). The molecule has 0 heterocycles. The minimum atomic E-state index is -0.779. The van der Waals surface area contributed by atoms with Crippen LogP contribution >= 0.6 is 0 Å². The van der Waals surface area contributed by atoms with Gasteiger partial charge in [-0.1, -0.05) is 236 Å². The van der Waals surface area contributed by atoms with Crippen LogP contribution in [0.1, 0.15) is 278 Å². The molecule has 0 amide bonds. The van der Waals surface area contributed by atoms with Gasteiger partial charge in [0.25, 0.3) is 0 Å². The molecule has 0 fully saturated rings. The molecule has 1 atom stereocenters. The fourth-order valence-electron chi connectivity index (χ4n) is 7.84. The van der Waals surface area contributed by atoms with Crippen LogP contribution in [0, 0.1) is 0 Å². The van der Waals surface area contributed by atoms with Crippen LogP contribution < -0.4 is 0 Å². The third-order valence-corrected chi connectivity index (χ3v) is 12.0. The predicted octanol–water partition coefficient (Wildman–Crippen LogP) is 18.4. The molecule has 0 aliphatic heterocycles. The summed E-state index contributed by atoms with van der Waals surface area (Å²) in [6.07, 6.45) is 66.3. The molecular formula is C59H104O6. The van der Waals surface area contributed by atoms with Gasteiger partial charge in [0.2, 0.25) is 0 Å². The molecule has 6 nitrogen and oxygen atoms in total. The van der Waals surface area contributed by atoms with E-state index in [1.165, 1.54) is 135 Å². The van der Waals surface area contributed by atoms with E-state index in [0.717, 1.165) is 103 Å². The van der Waals surface area contributed by atoms with E-state index in [0.29, 0.717) is 19.3 Å². The van der Waals surface area contributed by atoms with Gasteiger partial charge in [-0.3, -0.25) is 14.4 Å². The van der Waals surface area contributed by atoms with Crippen molar-refractivity contribution in [3.63, 3.8) is 0 Å². The molecular weight excluding hydrogens is 805 g/mol. The molecule has 0 N–H and O–H groups in total. The molecule has 0 aromatic rings. The normalized spacial score (nSPS) is 12.5. The highest BCUT2D eigenvalue weighted by Crippen LogP contribution is 2.15. The monoisotopic (exact) mass is 909 g/mol. The second-order valence-corrected chi connectivity index (χ2v) is 18.5. The first-order valence-electron chi connectivity index (χ1n) is 27.8. The Balaban J connectivity index is 4.33. The highest BCUT2D eigenvalue weighted by atomic mass is 16.6. The molecule has 0 aromatic carbocycles. The van der Waals surface area contributed by atoms with Gasteiger partial charge in [-0.05, 0) is 83.5 Å². The zero-order valence-corrected chi connectivity index (χ0v) is 43.0. The number of esters is 3. The fourth-order valence-corrected chi connectivity index (χ4v) is 7.84. The van der Waals surface area contributed by atoms with Gasteiger partial charge in [0.15, 0.2) is 6.10 Å². The van der Waals surface area contributed by atoms with Crippen molar-refractivity contribution in [1.82, 2.24) is 0 Å². The molecule has 0 aliphatic carbocycles. The smallest absolute Gasteiger partial charge is 0.306 e. The molecule has 65 heavy (non-hydrogen) atoms. The van der Waals surface area contributed by atoms with Gasteiger partial charge >= 0.3 is 17.9 Å². The number of hydrogen-bond donors (Lipinski definition) is 0. The van der Waals surface area contributed by atoms with Crippen molar-refractivity contribution in [2.45, 2.75) is 284 Å². The Morgan fingerprint density at radius 2 is 0.600 bits per heavy atom. The summed E-state index contributed by atoms with van der Waals surface area (Å²) in [5.74, 6) is -0.886. The first-order valence-corrected chi connectivity index (χ1v) is 27.8. The van der Waals surface area contributed by atoms with E-state index in [-0.39, 0.29) is 31.1 Å². The van der Waals surface area contributed by atoms with E-state index in [1.807, 2.05) is 0 Å². The summed E-state index contributed by atoms with van der Waals surface area (Å²) in [6.45, 7) is 6.52. The van der Waals surface area contributed by atoms with Crippen LogP contribution in [-0.4, -0.2) is 37.2 Å². The number of allylic oxidation sites excluding steroid dienone is 10. The van der Waals surface area contributed by atoms with Crippen LogP contribution in [0.15, 0.2) is 60.8 Å². The summed E-state index contributed by atoms with van der Waals surface area (Å²) >= 11 is 0. The van der Waals surface area contributed by atoms with Gasteiger partial charge in [0, 0.05) is 19.3 Å². The summed E-state index contributed by atoms with van der Waals surface area (Å²) in [5.41, 5.74) is 0. The van der Waals surface area contributed by atoms with Gasteiger partial charge in [-0.15, -0.1) is 0 Å². The first-order chi connectivity index (χ1) is 32.0. The van der Waals surface area contributed by atoms with Crippen LogP contribution in [0.3, 0.4) is 0 Å². The highest BCUT2D eigenvalue weighted by molar-refractivity contribution is 5.71. The van der Waals surface area contributed by atoms with Crippen molar-refractivity contribution >= 4 is 17.9 Å². The quantitative estimate of drug-likeness (QED) is 0.0262. The second kappa shape index (κ2) is 53.7. The third kappa shape index (κ3) is 51.9. The van der Waals surface area contributed by atoms with Crippen LogP contribution in [-0.2, 0) is 28.6 Å². The topological polar surface area (TPSA) is 78.9 Å².